The molecule has 1 amide bonds. The molecule has 1 aliphatic heterocycles. The fourth-order valence-electron chi connectivity index (χ4n) is 2.88. The number of hydrogen-bond donors (Lipinski definition) is 1. The van der Waals surface area contributed by atoms with Crippen molar-refractivity contribution in [1.29, 1.82) is 0 Å². The summed E-state index contributed by atoms with van der Waals surface area (Å²) < 4.78 is 15.9. The monoisotopic (exact) mass is 372 g/mol. The molecule has 1 fully saturated rings. The van der Waals surface area contributed by atoms with E-state index in [2.05, 4.69) is 20.2 Å². The predicted molar refractivity (Wildman–Crippen MR) is 101 cm³/mol. The zero-order valence-electron chi connectivity index (χ0n) is 15.8. The first-order valence-electron chi connectivity index (χ1n) is 8.78. The van der Waals surface area contributed by atoms with E-state index in [1.54, 1.807) is 20.4 Å². The zero-order chi connectivity index (χ0) is 19.2. The molecule has 27 heavy (non-hydrogen) atoms. The van der Waals surface area contributed by atoms with Crippen LogP contribution in [-0.2, 0) is 11.3 Å². The molecule has 2 aromatic rings. The number of carbonyl (C=O) groups is 1. The number of hydrogen-bond acceptors (Lipinski definition) is 7. The van der Waals surface area contributed by atoms with E-state index in [9.17, 15) is 4.79 Å². The van der Waals surface area contributed by atoms with Gasteiger partial charge in [0.15, 0.2) is 0 Å². The van der Waals surface area contributed by atoms with Gasteiger partial charge in [-0.3, -0.25) is 4.79 Å². The van der Waals surface area contributed by atoms with Crippen LogP contribution >= 0.6 is 0 Å². The number of aromatic nitrogens is 2. The Labute approximate surface area is 158 Å². The van der Waals surface area contributed by atoms with Gasteiger partial charge in [-0.15, -0.1) is 0 Å². The maximum atomic E-state index is 12.6. The highest BCUT2D eigenvalue weighted by molar-refractivity contribution is 5.95. The lowest BCUT2D eigenvalue weighted by molar-refractivity contribution is 0.0949. The standard InChI is InChI=1S/C19H24N4O4/c1-13-16(12-21-19(22-13)23-6-8-27-9-7-23)18(24)20-11-14-10-15(25-2)4-5-17(14)26-3/h4-5,10,12H,6-9,11H2,1-3H3,(H,20,24). The Morgan fingerprint density at radius 1 is 1.26 bits per heavy atom. The lowest BCUT2D eigenvalue weighted by Gasteiger charge is -2.27. The van der Waals surface area contributed by atoms with Crippen LogP contribution in [-0.4, -0.2) is 56.4 Å². The third-order valence-corrected chi connectivity index (χ3v) is 4.43. The summed E-state index contributed by atoms with van der Waals surface area (Å²) in [7, 11) is 3.19. The first-order chi connectivity index (χ1) is 13.1. The lowest BCUT2D eigenvalue weighted by atomic mass is 10.1. The molecule has 0 saturated carbocycles. The van der Waals surface area contributed by atoms with Crippen LogP contribution in [0.3, 0.4) is 0 Å². The third kappa shape index (κ3) is 4.46. The molecule has 0 aliphatic carbocycles. The number of nitrogens with zero attached hydrogens (tertiary/aromatic N) is 3. The molecule has 144 valence electrons. The van der Waals surface area contributed by atoms with Gasteiger partial charge in [0.25, 0.3) is 5.91 Å². The maximum Gasteiger partial charge on any atom is 0.254 e. The minimum absolute atomic E-state index is 0.231. The Kier molecular flexibility index (Phi) is 6.08. The number of benzene rings is 1. The van der Waals surface area contributed by atoms with Crippen molar-refractivity contribution in [2.45, 2.75) is 13.5 Å². The molecule has 0 atom stereocenters. The topological polar surface area (TPSA) is 85.8 Å². The molecule has 3 rings (SSSR count). The van der Waals surface area contributed by atoms with Crippen LogP contribution in [0.5, 0.6) is 11.5 Å². The van der Waals surface area contributed by atoms with Crippen molar-refractivity contribution in [3.05, 3.63) is 41.2 Å². The van der Waals surface area contributed by atoms with Crippen LogP contribution in [0.2, 0.25) is 0 Å². The maximum absolute atomic E-state index is 12.6. The highest BCUT2D eigenvalue weighted by Gasteiger charge is 2.17. The summed E-state index contributed by atoms with van der Waals surface area (Å²) in [5.41, 5.74) is 1.92. The Hall–Kier alpha value is -2.87. The van der Waals surface area contributed by atoms with Gasteiger partial charge < -0.3 is 24.4 Å². The highest BCUT2D eigenvalue weighted by atomic mass is 16.5. The fourth-order valence-corrected chi connectivity index (χ4v) is 2.88. The summed E-state index contributed by atoms with van der Waals surface area (Å²) >= 11 is 0. The van der Waals surface area contributed by atoms with Crippen molar-refractivity contribution in [1.82, 2.24) is 15.3 Å². The molecule has 8 heteroatoms. The first kappa shape index (κ1) is 18.9. The van der Waals surface area contributed by atoms with E-state index in [0.717, 1.165) is 18.7 Å². The van der Waals surface area contributed by atoms with E-state index in [1.165, 1.54) is 0 Å². The molecule has 1 saturated heterocycles. The van der Waals surface area contributed by atoms with E-state index in [4.69, 9.17) is 14.2 Å². The van der Waals surface area contributed by atoms with Crippen LogP contribution in [0.15, 0.2) is 24.4 Å². The van der Waals surface area contributed by atoms with E-state index in [0.29, 0.717) is 48.5 Å². The normalized spacial score (nSPS) is 14.0. The van der Waals surface area contributed by atoms with Gasteiger partial charge in [0.05, 0.1) is 38.7 Å². The molecular weight excluding hydrogens is 348 g/mol. The van der Waals surface area contributed by atoms with Crippen molar-refractivity contribution >= 4 is 11.9 Å². The number of ether oxygens (including phenoxy) is 3. The molecule has 1 aliphatic rings. The number of nitrogens with one attached hydrogen (secondary N) is 1. The van der Waals surface area contributed by atoms with Gasteiger partial charge in [-0.1, -0.05) is 0 Å². The minimum atomic E-state index is -0.231. The Morgan fingerprint density at radius 2 is 2.04 bits per heavy atom. The fraction of sp³-hybridized carbons (Fsp3) is 0.421. The summed E-state index contributed by atoms with van der Waals surface area (Å²) in [6, 6.07) is 5.46. The van der Waals surface area contributed by atoms with Crippen molar-refractivity contribution in [2.24, 2.45) is 0 Å². The number of carbonyl (C=O) groups excluding carboxylic acids is 1. The number of aryl methyl sites for hydroxylation is 1. The van der Waals surface area contributed by atoms with Gasteiger partial charge in [0.1, 0.15) is 11.5 Å². The largest absolute Gasteiger partial charge is 0.497 e. The van der Waals surface area contributed by atoms with Crippen molar-refractivity contribution in [3.63, 3.8) is 0 Å². The van der Waals surface area contributed by atoms with Crippen molar-refractivity contribution < 1.29 is 19.0 Å². The van der Waals surface area contributed by atoms with Crippen LogP contribution < -0.4 is 19.7 Å². The molecule has 1 aromatic carbocycles. The summed E-state index contributed by atoms with van der Waals surface area (Å²) in [6.07, 6.45) is 1.57. The van der Waals surface area contributed by atoms with E-state index in [1.807, 2.05) is 25.1 Å². The second-order valence-electron chi connectivity index (χ2n) is 6.13. The zero-order valence-corrected chi connectivity index (χ0v) is 15.8. The van der Waals surface area contributed by atoms with Crippen LogP contribution in [0.25, 0.3) is 0 Å². The van der Waals surface area contributed by atoms with Gasteiger partial charge >= 0.3 is 0 Å². The van der Waals surface area contributed by atoms with Crippen LogP contribution in [0.1, 0.15) is 21.6 Å². The van der Waals surface area contributed by atoms with E-state index < -0.39 is 0 Å². The van der Waals surface area contributed by atoms with E-state index >= 15 is 0 Å². The summed E-state index contributed by atoms with van der Waals surface area (Å²) in [6.45, 7) is 4.94. The Morgan fingerprint density at radius 3 is 2.70 bits per heavy atom. The second-order valence-corrected chi connectivity index (χ2v) is 6.13. The van der Waals surface area contributed by atoms with Gasteiger partial charge in [-0.25, -0.2) is 9.97 Å². The van der Waals surface area contributed by atoms with E-state index in [-0.39, 0.29) is 5.91 Å². The lowest BCUT2D eigenvalue weighted by Crippen LogP contribution is -2.37. The summed E-state index contributed by atoms with van der Waals surface area (Å²) in [5, 5.41) is 2.89. The molecule has 0 spiro atoms. The molecule has 1 aromatic heterocycles. The van der Waals surface area contributed by atoms with Gasteiger partial charge in [-0.2, -0.15) is 0 Å². The average Bonchev–Trinajstić information content (AvgIpc) is 2.72. The van der Waals surface area contributed by atoms with Crippen LogP contribution in [0, 0.1) is 6.92 Å². The highest BCUT2D eigenvalue weighted by Crippen LogP contribution is 2.24. The first-order valence-corrected chi connectivity index (χ1v) is 8.78. The smallest absolute Gasteiger partial charge is 0.254 e. The molecule has 0 radical (unpaired) electrons. The van der Waals surface area contributed by atoms with Crippen molar-refractivity contribution in [2.75, 3.05) is 45.4 Å². The number of methoxy groups -OCH3 is 2. The van der Waals surface area contributed by atoms with Gasteiger partial charge in [0.2, 0.25) is 5.95 Å². The predicted octanol–water partition coefficient (Wildman–Crippen LogP) is 1.57. The second kappa shape index (κ2) is 8.68. The number of amides is 1. The van der Waals surface area contributed by atoms with Gasteiger partial charge in [-0.05, 0) is 25.1 Å². The minimum Gasteiger partial charge on any atom is -0.497 e. The summed E-state index contributed by atoms with van der Waals surface area (Å²) in [5.74, 6) is 1.79. The van der Waals surface area contributed by atoms with Crippen molar-refractivity contribution in [3.8, 4) is 11.5 Å². The number of morpholine rings is 1. The summed E-state index contributed by atoms with van der Waals surface area (Å²) in [4.78, 5) is 23.5. The molecule has 1 N–H and O–H groups in total. The third-order valence-electron chi connectivity index (χ3n) is 4.43. The number of rotatable bonds is 6. The molecule has 0 bridgehead atoms. The molecule has 2 heterocycles. The molecular formula is C19H24N4O4. The average molecular weight is 372 g/mol. The molecule has 0 unspecified atom stereocenters. The van der Waals surface area contributed by atoms with Crippen LogP contribution in [0.4, 0.5) is 5.95 Å². The molecule has 8 nitrogen and oxygen atoms in total. The number of anilines is 1. The Bertz CT molecular complexity index is 806. The quantitative estimate of drug-likeness (QED) is 0.824. The SMILES string of the molecule is COc1ccc(OC)c(CNC(=O)c2cnc(N3CCOCC3)nc2C)c1. The Balaban J connectivity index is 1.69. The van der Waals surface area contributed by atoms with Gasteiger partial charge in [0, 0.05) is 31.4 Å².